The molecule has 2 amide bonds. The number of hydrogen-bond donors (Lipinski definition) is 2. The van der Waals surface area contributed by atoms with Crippen molar-refractivity contribution in [3.05, 3.63) is 138 Å². The predicted molar refractivity (Wildman–Crippen MR) is 251 cm³/mol. The third kappa shape index (κ3) is 15.6. The van der Waals surface area contributed by atoms with Crippen molar-refractivity contribution in [1.82, 2.24) is 5.32 Å². The lowest BCUT2D eigenvalue weighted by Gasteiger charge is -2.47. The van der Waals surface area contributed by atoms with Crippen LogP contribution in [0.15, 0.2) is 115 Å². The van der Waals surface area contributed by atoms with Gasteiger partial charge in [-0.25, -0.2) is 4.79 Å². The first-order valence-electron chi connectivity index (χ1n) is 22.9. The smallest absolute Gasteiger partial charge is 0.412 e. The van der Waals surface area contributed by atoms with Crippen LogP contribution in [0.4, 0.5) is 10.5 Å². The zero-order valence-corrected chi connectivity index (χ0v) is 40.3. The number of nitrogens with one attached hydrogen (secondary N) is 2. The van der Waals surface area contributed by atoms with Crippen LogP contribution in [-0.4, -0.2) is 117 Å². The molecule has 0 radical (unpaired) electrons. The van der Waals surface area contributed by atoms with Gasteiger partial charge in [-0.1, -0.05) is 103 Å². The molecule has 10 atom stereocenters. The molecule has 70 heavy (non-hydrogen) atoms. The number of ether oxygens (including phenoxy) is 11. The Kier molecular flexibility index (Phi) is 19.4. The lowest BCUT2D eigenvalue weighted by atomic mass is 9.96. The van der Waals surface area contributed by atoms with E-state index in [9.17, 15) is 24.0 Å². The molecule has 0 spiro atoms. The van der Waals surface area contributed by atoms with Crippen molar-refractivity contribution in [3.8, 4) is 0 Å². The Morgan fingerprint density at radius 1 is 0.529 bits per heavy atom. The van der Waals surface area contributed by atoms with Crippen LogP contribution >= 0.6 is 0 Å². The fourth-order valence-electron chi connectivity index (χ4n) is 7.91. The van der Waals surface area contributed by atoms with E-state index in [-0.39, 0.29) is 44.2 Å². The van der Waals surface area contributed by atoms with Crippen LogP contribution in [0.3, 0.4) is 0 Å². The van der Waals surface area contributed by atoms with Crippen LogP contribution in [0.25, 0.3) is 0 Å². The van der Waals surface area contributed by atoms with Crippen molar-refractivity contribution in [3.63, 3.8) is 0 Å². The molecule has 4 aromatic carbocycles. The SMILES string of the molecule is CO[C@H]1O[C@H](CO[C@@H]2O[C@H](CNC(=O)c3ccccc3NC(=O)OC(C)(C)C)[C@@H](OC(C)=O)[C@H](OC(C)=O)[C@H]2OC(C)=O)[C@@H](OCc2ccccc2)[C@H](OCc2ccccc2)[C@H]1OCc1ccccc1. The topological polar surface area (TPSA) is 211 Å². The molecule has 0 saturated carbocycles. The molecule has 2 aliphatic rings. The van der Waals surface area contributed by atoms with E-state index in [2.05, 4.69) is 10.6 Å². The average molecular weight is 971 g/mol. The van der Waals surface area contributed by atoms with E-state index in [0.717, 1.165) is 37.5 Å². The zero-order chi connectivity index (χ0) is 50.2. The van der Waals surface area contributed by atoms with Gasteiger partial charge in [0.15, 0.2) is 30.9 Å². The molecule has 2 heterocycles. The number of carbonyl (C=O) groups is 5. The molecular weight excluding hydrogens is 909 g/mol. The monoisotopic (exact) mass is 970 g/mol. The fraction of sp³-hybridized carbons (Fsp3) is 0.442. The fourth-order valence-corrected chi connectivity index (χ4v) is 7.91. The Morgan fingerprint density at radius 2 is 1.00 bits per heavy atom. The van der Waals surface area contributed by atoms with Crippen molar-refractivity contribution in [2.24, 2.45) is 0 Å². The van der Waals surface area contributed by atoms with E-state index in [1.54, 1.807) is 32.9 Å². The van der Waals surface area contributed by atoms with Gasteiger partial charge in [0.05, 0.1) is 37.7 Å². The quantitative estimate of drug-likeness (QED) is 0.0722. The lowest BCUT2D eigenvalue weighted by molar-refractivity contribution is -0.341. The summed E-state index contributed by atoms with van der Waals surface area (Å²) in [5.41, 5.74) is 2.05. The van der Waals surface area contributed by atoms with Gasteiger partial charge in [0.2, 0.25) is 0 Å². The second-order valence-electron chi connectivity index (χ2n) is 17.5. The number of hydrogen-bond acceptors (Lipinski definition) is 16. The highest BCUT2D eigenvalue weighted by Crippen LogP contribution is 2.34. The first kappa shape index (κ1) is 53.1. The number of esters is 3. The third-order valence-corrected chi connectivity index (χ3v) is 10.9. The third-order valence-electron chi connectivity index (χ3n) is 10.9. The van der Waals surface area contributed by atoms with Gasteiger partial charge in [0.1, 0.15) is 36.1 Å². The van der Waals surface area contributed by atoms with Gasteiger partial charge in [-0.2, -0.15) is 0 Å². The first-order valence-corrected chi connectivity index (χ1v) is 22.9. The van der Waals surface area contributed by atoms with Crippen LogP contribution in [0.2, 0.25) is 0 Å². The summed E-state index contributed by atoms with van der Waals surface area (Å²) in [7, 11) is 1.48. The summed E-state index contributed by atoms with van der Waals surface area (Å²) in [4.78, 5) is 64.8. The Hall–Kier alpha value is -6.25. The number of anilines is 1. The summed E-state index contributed by atoms with van der Waals surface area (Å²) in [6, 6.07) is 34.9. The number of para-hydroxylation sites is 1. The Labute approximate surface area is 407 Å². The second-order valence-corrected chi connectivity index (χ2v) is 17.5. The number of rotatable bonds is 20. The molecule has 0 bridgehead atoms. The van der Waals surface area contributed by atoms with Crippen molar-refractivity contribution in [2.75, 3.05) is 25.6 Å². The number of benzene rings is 4. The summed E-state index contributed by atoms with van der Waals surface area (Å²) in [6.45, 7) is 8.32. The van der Waals surface area contributed by atoms with Gasteiger partial charge >= 0.3 is 24.0 Å². The van der Waals surface area contributed by atoms with Crippen LogP contribution in [0.5, 0.6) is 0 Å². The molecule has 0 unspecified atom stereocenters. The minimum absolute atomic E-state index is 0.0640. The molecule has 18 nitrogen and oxygen atoms in total. The summed E-state index contributed by atoms with van der Waals surface area (Å²) in [5, 5.41) is 5.36. The molecular formula is C52H62N2O16. The normalized spacial score (nSPS) is 24.4. The van der Waals surface area contributed by atoms with Gasteiger partial charge in [-0.3, -0.25) is 24.5 Å². The van der Waals surface area contributed by atoms with E-state index < -0.39 is 96.9 Å². The molecule has 2 N–H and O–H groups in total. The van der Waals surface area contributed by atoms with E-state index in [1.165, 1.54) is 19.2 Å². The molecule has 2 aliphatic heterocycles. The van der Waals surface area contributed by atoms with Gasteiger partial charge < -0.3 is 57.4 Å². The molecule has 376 valence electrons. The average Bonchev–Trinajstić information content (AvgIpc) is 3.32. The highest BCUT2D eigenvalue weighted by atomic mass is 16.8. The Bertz CT molecular complexity index is 2310. The molecule has 18 heteroatoms. The van der Waals surface area contributed by atoms with Gasteiger partial charge in [0, 0.05) is 34.4 Å². The summed E-state index contributed by atoms with van der Waals surface area (Å²) < 4.78 is 68.1. The molecule has 0 aromatic heterocycles. The van der Waals surface area contributed by atoms with Crippen LogP contribution in [0, 0.1) is 0 Å². The predicted octanol–water partition coefficient (Wildman–Crippen LogP) is 6.43. The second kappa shape index (κ2) is 25.6. The lowest BCUT2D eigenvalue weighted by Crippen LogP contribution is -2.65. The van der Waals surface area contributed by atoms with Crippen molar-refractivity contribution < 1.29 is 76.1 Å². The van der Waals surface area contributed by atoms with Crippen LogP contribution in [-0.2, 0) is 86.3 Å². The standard InChI is InChI=1S/C52H62N2O16/c1-32(55)65-43-40(27-53-48(58)38-25-17-18-26-39(38)54-51(59)70-52(4,5)6)68-50(47(67-34(3)57)45(43)66-33(2)56)64-31-41-42(61-28-35-19-11-8-12-20-35)44(62-29-36-21-13-9-14-22-36)46(49(60-7)69-41)63-30-37-23-15-10-16-24-37/h8-26,40-47,49-50H,27-31H2,1-7H3,(H,53,58)(H,54,59)/t40-,41-,42-,43-,44+,45+,46-,47-,49+,50-/m1/s1. The van der Waals surface area contributed by atoms with Crippen molar-refractivity contribution in [1.29, 1.82) is 0 Å². The minimum atomic E-state index is -1.54. The molecule has 0 aliphatic carbocycles. The Morgan fingerprint density at radius 3 is 1.53 bits per heavy atom. The van der Waals surface area contributed by atoms with Crippen LogP contribution in [0.1, 0.15) is 68.6 Å². The van der Waals surface area contributed by atoms with Crippen molar-refractivity contribution in [2.45, 2.75) is 128 Å². The Balaban J connectivity index is 1.31. The summed E-state index contributed by atoms with van der Waals surface area (Å²) in [6.07, 6.45) is -12.7. The largest absolute Gasteiger partial charge is 0.456 e. The molecule has 2 fully saturated rings. The molecule has 4 aromatic rings. The highest BCUT2D eigenvalue weighted by molar-refractivity contribution is 6.02. The van der Waals surface area contributed by atoms with E-state index in [4.69, 9.17) is 52.1 Å². The van der Waals surface area contributed by atoms with E-state index >= 15 is 0 Å². The molecule has 6 rings (SSSR count). The minimum Gasteiger partial charge on any atom is -0.456 e. The first-order chi connectivity index (χ1) is 33.6. The van der Waals surface area contributed by atoms with E-state index in [0.29, 0.717) is 0 Å². The maximum atomic E-state index is 13.9. The number of carbonyl (C=O) groups excluding carboxylic acids is 5. The number of methoxy groups -OCH3 is 1. The molecule has 2 saturated heterocycles. The number of amides is 2. The summed E-state index contributed by atoms with van der Waals surface area (Å²) in [5.74, 6) is -3.06. The van der Waals surface area contributed by atoms with E-state index in [1.807, 2.05) is 91.0 Å². The maximum Gasteiger partial charge on any atom is 0.412 e. The summed E-state index contributed by atoms with van der Waals surface area (Å²) >= 11 is 0. The highest BCUT2D eigenvalue weighted by Gasteiger charge is 2.54. The van der Waals surface area contributed by atoms with Crippen LogP contribution < -0.4 is 10.6 Å². The van der Waals surface area contributed by atoms with Gasteiger partial charge in [0.25, 0.3) is 5.91 Å². The van der Waals surface area contributed by atoms with Gasteiger partial charge in [-0.05, 0) is 49.6 Å². The van der Waals surface area contributed by atoms with Crippen molar-refractivity contribution >= 4 is 35.6 Å². The maximum absolute atomic E-state index is 13.9. The zero-order valence-electron chi connectivity index (χ0n) is 40.3. The van der Waals surface area contributed by atoms with Gasteiger partial charge in [-0.15, -0.1) is 0 Å².